The van der Waals surface area contributed by atoms with Crippen molar-refractivity contribution < 1.29 is 4.79 Å². The number of nitrogens with zero attached hydrogens (tertiary/aromatic N) is 1. The van der Waals surface area contributed by atoms with E-state index in [2.05, 4.69) is 15.9 Å². The minimum Gasteiger partial charge on any atom is -0.393 e. The first-order valence-electron chi connectivity index (χ1n) is 6.18. The van der Waals surface area contributed by atoms with Gasteiger partial charge in [0.15, 0.2) is 0 Å². The monoisotopic (exact) mass is 342 g/mol. The smallest absolute Gasteiger partial charge is 0.254 e. The standard InChI is InChI=1S/C14H19BrN2OS/c1-9(2)17(7-6-13(16)19)14(18)11-4-5-12(15)10(3)8-11/h4-5,8-9H,6-7H2,1-3H3,(H2,16,19). The lowest BCUT2D eigenvalue weighted by atomic mass is 10.1. The second-order valence-corrected chi connectivity index (χ2v) is 6.15. The molecule has 0 aliphatic heterocycles. The lowest BCUT2D eigenvalue weighted by Crippen LogP contribution is -2.39. The van der Waals surface area contributed by atoms with Gasteiger partial charge in [0.2, 0.25) is 0 Å². The molecule has 1 amide bonds. The topological polar surface area (TPSA) is 46.3 Å². The molecular formula is C14H19BrN2OS. The first-order chi connectivity index (χ1) is 8.82. The van der Waals surface area contributed by atoms with Crippen LogP contribution in [0.2, 0.25) is 0 Å². The molecule has 19 heavy (non-hydrogen) atoms. The number of carbonyl (C=O) groups is 1. The maximum Gasteiger partial charge on any atom is 0.254 e. The highest BCUT2D eigenvalue weighted by atomic mass is 79.9. The fraction of sp³-hybridized carbons (Fsp3) is 0.429. The highest BCUT2D eigenvalue weighted by Gasteiger charge is 2.19. The van der Waals surface area contributed by atoms with Gasteiger partial charge in [-0.05, 0) is 44.5 Å². The predicted molar refractivity (Wildman–Crippen MR) is 86.5 cm³/mol. The molecule has 0 aliphatic carbocycles. The summed E-state index contributed by atoms with van der Waals surface area (Å²) in [6, 6.07) is 5.73. The lowest BCUT2D eigenvalue weighted by molar-refractivity contribution is 0.0711. The molecule has 0 saturated heterocycles. The number of hydrogen-bond acceptors (Lipinski definition) is 2. The molecule has 0 fully saturated rings. The van der Waals surface area contributed by atoms with Crippen molar-refractivity contribution in [3.63, 3.8) is 0 Å². The third-order valence-corrected chi connectivity index (χ3v) is 3.98. The Bertz CT molecular complexity index is 488. The van der Waals surface area contributed by atoms with E-state index in [4.69, 9.17) is 18.0 Å². The van der Waals surface area contributed by atoms with Crippen LogP contribution < -0.4 is 5.73 Å². The van der Waals surface area contributed by atoms with E-state index in [0.29, 0.717) is 23.5 Å². The number of halogens is 1. The predicted octanol–water partition coefficient (Wildman–Crippen LogP) is 3.28. The van der Waals surface area contributed by atoms with E-state index < -0.39 is 0 Å². The second-order valence-electron chi connectivity index (χ2n) is 4.77. The van der Waals surface area contributed by atoms with E-state index >= 15 is 0 Å². The molecule has 0 spiro atoms. The highest BCUT2D eigenvalue weighted by molar-refractivity contribution is 9.10. The third kappa shape index (κ3) is 4.58. The molecule has 0 atom stereocenters. The molecule has 0 aliphatic rings. The van der Waals surface area contributed by atoms with Crippen LogP contribution in [0.4, 0.5) is 0 Å². The summed E-state index contributed by atoms with van der Waals surface area (Å²) in [7, 11) is 0. The molecule has 0 unspecified atom stereocenters. The fourth-order valence-electron chi connectivity index (χ4n) is 1.77. The van der Waals surface area contributed by atoms with Gasteiger partial charge in [0, 0.05) is 29.0 Å². The van der Waals surface area contributed by atoms with E-state index in [-0.39, 0.29) is 11.9 Å². The molecule has 2 N–H and O–H groups in total. The summed E-state index contributed by atoms with van der Waals surface area (Å²) in [5.74, 6) is 0.0156. The number of hydrogen-bond donors (Lipinski definition) is 1. The highest BCUT2D eigenvalue weighted by Crippen LogP contribution is 2.19. The molecule has 0 radical (unpaired) electrons. The lowest BCUT2D eigenvalue weighted by Gasteiger charge is -2.27. The first kappa shape index (κ1) is 16.1. The van der Waals surface area contributed by atoms with E-state index in [1.807, 2.05) is 39.0 Å². The van der Waals surface area contributed by atoms with Gasteiger partial charge in [-0.2, -0.15) is 0 Å². The van der Waals surface area contributed by atoms with Crippen molar-refractivity contribution in [3.05, 3.63) is 33.8 Å². The van der Waals surface area contributed by atoms with Gasteiger partial charge in [-0.3, -0.25) is 4.79 Å². The van der Waals surface area contributed by atoms with E-state index in [9.17, 15) is 4.79 Å². The van der Waals surface area contributed by atoms with Crippen LogP contribution in [0.1, 0.15) is 36.2 Å². The van der Waals surface area contributed by atoms with Gasteiger partial charge in [0.1, 0.15) is 0 Å². The molecule has 0 aromatic heterocycles. The Morgan fingerprint density at radius 1 is 1.47 bits per heavy atom. The first-order valence-corrected chi connectivity index (χ1v) is 7.38. The zero-order valence-electron chi connectivity index (χ0n) is 11.4. The molecule has 0 bridgehead atoms. The number of aryl methyl sites for hydroxylation is 1. The van der Waals surface area contributed by atoms with Crippen molar-refractivity contribution in [1.82, 2.24) is 4.90 Å². The van der Waals surface area contributed by atoms with Crippen LogP contribution in [-0.4, -0.2) is 28.4 Å². The van der Waals surface area contributed by atoms with Crippen LogP contribution in [-0.2, 0) is 0 Å². The Kier molecular flexibility index (Phi) is 5.94. The number of nitrogens with two attached hydrogens (primary N) is 1. The third-order valence-electron chi connectivity index (χ3n) is 2.89. The zero-order valence-corrected chi connectivity index (χ0v) is 13.8. The SMILES string of the molecule is Cc1cc(C(=O)N(CCC(N)=S)C(C)C)ccc1Br. The van der Waals surface area contributed by atoms with Crippen molar-refractivity contribution in [2.24, 2.45) is 5.73 Å². The Morgan fingerprint density at radius 3 is 2.58 bits per heavy atom. The van der Waals surface area contributed by atoms with Crippen molar-refractivity contribution in [2.75, 3.05) is 6.54 Å². The molecule has 0 saturated carbocycles. The van der Waals surface area contributed by atoms with Gasteiger partial charge in [-0.1, -0.05) is 28.1 Å². The molecule has 3 nitrogen and oxygen atoms in total. The molecule has 5 heteroatoms. The van der Waals surface area contributed by atoms with Gasteiger partial charge in [0.25, 0.3) is 5.91 Å². The Morgan fingerprint density at radius 2 is 2.11 bits per heavy atom. The van der Waals surface area contributed by atoms with Gasteiger partial charge < -0.3 is 10.6 Å². The average molecular weight is 343 g/mol. The summed E-state index contributed by atoms with van der Waals surface area (Å²) in [6.07, 6.45) is 0.550. The van der Waals surface area contributed by atoms with Crippen LogP contribution in [0, 0.1) is 6.92 Å². The summed E-state index contributed by atoms with van der Waals surface area (Å²) in [6.45, 7) is 6.50. The van der Waals surface area contributed by atoms with Crippen molar-refractivity contribution >= 4 is 39.0 Å². The minimum atomic E-state index is 0.0156. The summed E-state index contributed by atoms with van der Waals surface area (Å²) in [5.41, 5.74) is 7.25. The second kappa shape index (κ2) is 7.01. The average Bonchev–Trinajstić information content (AvgIpc) is 2.31. The molecular weight excluding hydrogens is 324 g/mol. The van der Waals surface area contributed by atoms with Crippen LogP contribution >= 0.6 is 28.1 Å². The van der Waals surface area contributed by atoms with Crippen LogP contribution in [0.25, 0.3) is 0 Å². The van der Waals surface area contributed by atoms with Gasteiger partial charge in [-0.15, -0.1) is 0 Å². The summed E-state index contributed by atoms with van der Waals surface area (Å²) in [5, 5.41) is 0. The van der Waals surface area contributed by atoms with E-state index in [1.165, 1.54) is 0 Å². The summed E-state index contributed by atoms with van der Waals surface area (Å²) in [4.78, 5) is 14.7. The number of thiocarbonyl (C=S) groups is 1. The summed E-state index contributed by atoms with van der Waals surface area (Å²) >= 11 is 8.31. The largest absolute Gasteiger partial charge is 0.393 e. The summed E-state index contributed by atoms with van der Waals surface area (Å²) < 4.78 is 1.00. The molecule has 1 rings (SSSR count). The van der Waals surface area contributed by atoms with Crippen molar-refractivity contribution in [3.8, 4) is 0 Å². The maximum absolute atomic E-state index is 12.5. The van der Waals surface area contributed by atoms with Crippen molar-refractivity contribution in [2.45, 2.75) is 33.2 Å². The molecule has 104 valence electrons. The number of carbonyl (C=O) groups excluding carboxylic acids is 1. The van der Waals surface area contributed by atoms with Gasteiger partial charge >= 0.3 is 0 Å². The maximum atomic E-state index is 12.5. The molecule has 0 heterocycles. The van der Waals surface area contributed by atoms with Gasteiger partial charge in [0.05, 0.1) is 4.99 Å². The van der Waals surface area contributed by atoms with Crippen molar-refractivity contribution in [1.29, 1.82) is 0 Å². The Labute approximate surface area is 128 Å². The van der Waals surface area contributed by atoms with E-state index in [1.54, 1.807) is 4.90 Å². The van der Waals surface area contributed by atoms with Crippen LogP contribution in [0.15, 0.2) is 22.7 Å². The quantitative estimate of drug-likeness (QED) is 0.835. The molecule has 1 aromatic carbocycles. The van der Waals surface area contributed by atoms with Gasteiger partial charge in [-0.25, -0.2) is 0 Å². The number of rotatable bonds is 5. The normalized spacial score (nSPS) is 10.6. The Hall–Kier alpha value is -0.940. The zero-order chi connectivity index (χ0) is 14.6. The fourth-order valence-corrected chi connectivity index (χ4v) is 2.11. The Balaban J connectivity index is 2.92. The number of amides is 1. The molecule has 1 aromatic rings. The van der Waals surface area contributed by atoms with E-state index in [0.717, 1.165) is 10.0 Å². The van der Waals surface area contributed by atoms with Crippen LogP contribution in [0.3, 0.4) is 0 Å². The number of benzene rings is 1. The van der Waals surface area contributed by atoms with Crippen LogP contribution in [0.5, 0.6) is 0 Å². The minimum absolute atomic E-state index is 0.0156.